The first-order valence-electron chi connectivity index (χ1n) is 5.20. The Labute approximate surface area is 79.7 Å². The molecule has 0 amide bonds. The maximum absolute atomic E-state index is 3.74. The lowest BCUT2D eigenvalue weighted by molar-refractivity contribution is 0.357. The largest absolute Gasteiger partial charge is 0.310 e. The van der Waals surface area contributed by atoms with Crippen molar-refractivity contribution in [1.29, 1.82) is 0 Å². The average Bonchev–Trinajstić information content (AvgIpc) is 2.47. The molecular weight excluding hydrogens is 166 g/mol. The third-order valence-electron chi connectivity index (χ3n) is 3.24. The van der Waals surface area contributed by atoms with Crippen molar-refractivity contribution in [2.75, 3.05) is 11.5 Å². The lowest BCUT2D eigenvalue weighted by atomic mass is 9.99. The van der Waals surface area contributed by atoms with Crippen LogP contribution >= 0.6 is 11.8 Å². The molecule has 1 saturated heterocycles. The van der Waals surface area contributed by atoms with Gasteiger partial charge in [-0.05, 0) is 25.7 Å². The molecule has 1 atom stereocenters. The van der Waals surface area contributed by atoms with E-state index in [1.807, 2.05) is 0 Å². The van der Waals surface area contributed by atoms with Crippen LogP contribution in [-0.2, 0) is 0 Å². The van der Waals surface area contributed by atoms with Gasteiger partial charge in [0.25, 0.3) is 0 Å². The molecule has 1 nitrogen and oxygen atoms in total. The van der Waals surface area contributed by atoms with Gasteiger partial charge in [0.2, 0.25) is 0 Å². The minimum atomic E-state index is 0.776. The first-order valence-corrected chi connectivity index (χ1v) is 6.35. The summed E-state index contributed by atoms with van der Waals surface area (Å²) >= 11 is 2.07. The highest BCUT2D eigenvalue weighted by Gasteiger charge is 2.25. The quantitative estimate of drug-likeness (QED) is 0.724. The van der Waals surface area contributed by atoms with Crippen molar-refractivity contribution in [3.8, 4) is 0 Å². The Morgan fingerprint density at radius 2 is 1.92 bits per heavy atom. The fourth-order valence-electron chi connectivity index (χ4n) is 2.30. The molecule has 70 valence electrons. The number of hydrogen-bond acceptors (Lipinski definition) is 2. The Morgan fingerprint density at radius 3 is 2.42 bits per heavy atom. The highest BCUT2D eigenvalue weighted by Crippen LogP contribution is 2.28. The van der Waals surface area contributed by atoms with Gasteiger partial charge in [0.05, 0.1) is 0 Å². The minimum Gasteiger partial charge on any atom is -0.310 e. The predicted molar refractivity (Wildman–Crippen MR) is 55.7 cm³/mol. The molecule has 2 heteroatoms. The van der Waals surface area contributed by atoms with E-state index in [1.165, 1.54) is 37.2 Å². The Hall–Kier alpha value is 0.310. The smallest absolute Gasteiger partial charge is 0.0251 e. The highest BCUT2D eigenvalue weighted by molar-refractivity contribution is 8.00. The van der Waals surface area contributed by atoms with Crippen LogP contribution in [0.4, 0.5) is 0 Å². The monoisotopic (exact) mass is 185 g/mol. The number of thioether (sulfide) groups is 1. The van der Waals surface area contributed by atoms with Crippen molar-refractivity contribution in [2.45, 2.75) is 44.7 Å². The van der Waals surface area contributed by atoms with Gasteiger partial charge in [0.15, 0.2) is 0 Å². The lowest BCUT2D eigenvalue weighted by Crippen LogP contribution is -2.47. The zero-order chi connectivity index (χ0) is 8.39. The molecule has 1 aliphatic carbocycles. The standard InChI is InChI=1S/C10H19NS/c1-8(9-4-2-3-5-9)11-10-6-12-7-10/h8-11H,2-7H2,1H3. The molecule has 12 heavy (non-hydrogen) atoms. The zero-order valence-electron chi connectivity index (χ0n) is 7.88. The van der Waals surface area contributed by atoms with Crippen LogP contribution in [0.2, 0.25) is 0 Å². The van der Waals surface area contributed by atoms with E-state index in [2.05, 4.69) is 24.0 Å². The summed E-state index contributed by atoms with van der Waals surface area (Å²) < 4.78 is 0. The normalized spacial score (nSPS) is 28.8. The van der Waals surface area contributed by atoms with Gasteiger partial charge in [0, 0.05) is 23.6 Å². The van der Waals surface area contributed by atoms with Crippen LogP contribution in [0.15, 0.2) is 0 Å². The maximum atomic E-state index is 3.74. The first-order chi connectivity index (χ1) is 5.86. The van der Waals surface area contributed by atoms with Gasteiger partial charge in [-0.1, -0.05) is 12.8 Å². The van der Waals surface area contributed by atoms with Crippen molar-refractivity contribution < 1.29 is 0 Å². The maximum Gasteiger partial charge on any atom is 0.0251 e. The first kappa shape index (κ1) is 8.89. The van der Waals surface area contributed by atoms with Crippen molar-refractivity contribution >= 4 is 11.8 Å². The number of hydrogen-bond donors (Lipinski definition) is 1. The zero-order valence-corrected chi connectivity index (χ0v) is 8.70. The number of rotatable bonds is 3. The van der Waals surface area contributed by atoms with E-state index < -0.39 is 0 Å². The fraction of sp³-hybridized carbons (Fsp3) is 1.00. The van der Waals surface area contributed by atoms with Gasteiger partial charge >= 0.3 is 0 Å². The molecule has 1 unspecified atom stereocenters. The van der Waals surface area contributed by atoms with Crippen LogP contribution in [0, 0.1) is 5.92 Å². The summed E-state index contributed by atoms with van der Waals surface area (Å²) in [5, 5.41) is 3.74. The molecule has 2 fully saturated rings. The van der Waals surface area contributed by atoms with Gasteiger partial charge in [0.1, 0.15) is 0 Å². The van der Waals surface area contributed by atoms with Crippen LogP contribution < -0.4 is 5.32 Å². The van der Waals surface area contributed by atoms with Crippen molar-refractivity contribution in [3.05, 3.63) is 0 Å². The molecule has 1 saturated carbocycles. The van der Waals surface area contributed by atoms with Crippen molar-refractivity contribution in [1.82, 2.24) is 5.32 Å². The Bertz CT molecular complexity index is 139. The molecule has 0 aromatic heterocycles. The molecule has 0 aromatic rings. The van der Waals surface area contributed by atoms with E-state index in [-0.39, 0.29) is 0 Å². The molecule has 1 aliphatic heterocycles. The second kappa shape index (κ2) is 4.01. The van der Waals surface area contributed by atoms with E-state index in [4.69, 9.17) is 0 Å². The summed E-state index contributed by atoms with van der Waals surface area (Å²) in [6, 6.07) is 1.61. The summed E-state index contributed by atoms with van der Waals surface area (Å²) in [7, 11) is 0. The van der Waals surface area contributed by atoms with Crippen LogP contribution in [0.3, 0.4) is 0 Å². The Kier molecular flexibility index (Phi) is 2.97. The molecule has 0 radical (unpaired) electrons. The summed E-state index contributed by atoms with van der Waals surface area (Å²) in [6.07, 6.45) is 5.87. The Balaban J connectivity index is 1.71. The second-order valence-corrected chi connectivity index (χ2v) is 5.31. The van der Waals surface area contributed by atoms with Crippen molar-refractivity contribution in [2.24, 2.45) is 5.92 Å². The van der Waals surface area contributed by atoms with Gasteiger partial charge in [-0.15, -0.1) is 0 Å². The third kappa shape index (κ3) is 1.97. The molecule has 0 bridgehead atoms. The van der Waals surface area contributed by atoms with E-state index in [0.717, 1.165) is 18.0 Å². The lowest BCUT2D eigenvalue weighted by Gasteiger charge is -2.32. The van der Waals surface area contributed by atoms with Gasteiger partial charge in [-0.2, -0.15) is 11.8 Å². The minimum absolute atomic E-state index is 0.776. The van der Waals surface area contributed by atoms with Gasteiger partial charge in [-0.25, -0.2) is 0 Å². The van der Waals surface area contributed by atoms with Gasteiger partial charge in [-0.3, -0.25) is 0 Å². The SMILES string of the molecule is CC(NC1CSC1)C1CCCC1. The van der Waals surface area contributed by atoms with E-state index in [9.17, 15) is 0 Å². The van der Waals surface area contributed by atoms with Crippen LogP contribution in [-0.4, -0.2) is 23.6 Å². The van der Waals surface area contributed by atoms with Crippen LogP contribution in [0.1, 0.15) is 32.6 Å². The predicted octanol–water partition coefficient (Wildman–Crippen LogP) is 2.27. The summed E-state index contributed by atoms with van der Waals surface area (Å²) in [5.74, 6) is 3.67. The van der Waals surface area contributed by atoms with Crippen molar-refractivity contribution in [3.63, 3.8) is 0 Å². The molecule has 0 spiro atoms. The topological polar surface area (TPSA) is 12.0 Å². The van der Waals surface area contributed by atoms with Gasteiger partial charge < -0.3 is 5.32 Å². The molecule has 1 heterocycles. The summed E-state index contributed by atoms with van der Waals surface area (Å²) in [5.41, 5.74) is 0. The third-order valence-corrected chi connectivity index (χ3v) is 4.52. The van der Waals surface area contributed by atoms with E-state index in [1.54, 1.807) is 0 Å². The molecule has 1 N–H and O–H groups in total. The average molecular weight is 185 g/mol. The summed E-state index contributed by atoms with van der Waals surface area (Å²) in [6.45, 7) is 2.37. The second-order valence-electron chi connectivity index (χ2n) is 4.23. The molecular formula is C10H19NS. The van der Waals surface area contributed by atoms with E-state index >= 15 is 0 Å². The van der Waals surface area contributed by atoms with Crippen LogP contribution in [0.25, 0.3) is 0 Å². The fourth-order valence-corrected chi connectivity index (χ4v) is 2.96. The summed E-state index contributed by atoms with van der Waals surface area (Å²) in [4.78, 5) is 0. The number of nitrogens with one attached hydrogen (secondary N) is 1. The molecule has 0 aromatic carbocycles. The molecule has 2 aliphatic rings. The highest BCUT2D eigenvalue weighted by atomic mass is 32.2. The molecule has 2 rings (SSSR count). The Morgan fingerprint density at radius 1 is 1.25 bits per heavy atom. The van der Waals surface area contributed by atoms with Crippen LogP contribution in [0.5, 0.6) is 0 Å². The van der Waals surface area contributed by atoms with E-state index in [0.29, 0.717) is 0 Å².